The Balaban J connectivity index is 1.79. The first kappa shape index (κ1) is 22.0. The van der Waals surface area contributed by atoms with Gasteiger partial charge in [0.05, 0.1) is 11.3 Å². The van der Waals surface area contributed by atoms with Gasteiger partial charge in [-0.2, -0.15) is 22.0 Å². The molecule has 0 aliphatic heterocycles. The number of benzene rings is 1. The summed E-state index contributed by atoms with van der Waals surface area (Å²) >= 11 is 0.645. The second-order valence-electron chi connectivity index (χ2n) is 5.68. The van der Waals surface area contributed by atoms with Crippen LogP contribution in [0.3, 0.4) is 0 Å². The third-order valence-electron chi connectivity index (χ3n) is 3.60. The fourth-order valence-electron chi connectivity index (χ4n) is 2.43. The van der Waals surface area contributed by atoms with Crippen molar-refractivity contribution in [1.82, 2.24) is 9.97 Å². The number of aromatic nitrogens is 2. The van der Waals surface area contributed by atoms with Gasteiger partial charge in [-0.1, -0.05) is 0 Å². The second kappa shape index (κ2) is 8.96. The molecular formula is C18H12F5N3O2S2. The number of pyridine rings is 1. The number of carbonyl (C=O) groups is 1. The molecule has 0 saturated heterocycles. The van der Waals surface area contributed by atoms with Crippen LogP contribution < -0.4 is 10.1 Å². The number of aryl methyl sites for hydroxylation is 1. The van der Waals surface area contributed by atoms with Crippen LogP contribution in [-0.4, -0.2) is 28.0 Å². The highest BCUT2D eigenvalue weighted by Gasteiger charge is 2.32. The number of alkyl halides is 5. The summed E-state index contributed by atoms with van der Waals surface area (Å²) in [6, 6.07) is 8.37. The Morgan fingerprint density at radius 3 is 2.53 bits per heavy atom. The number of hydrogen-bond acceptors (Lipinski definition) is 6. The van der Waals surface area contributed by atoms with Crippen molar-refractivity contribution in [2.24, 2.45) is 0 Å². The number of rotatable bonds is 6. The van der Waals surface area contributed by atoms with Crippen LogP contribution >= 0.6 is 23.1 Å². The third kappa shape index (κ3) is 5.66. The minimum atomic E-state index is -4.59. The van der Waals surface area contributed by atoms with Crippen molar-refractivity contribution in [3.8, 4) is 17.0 Å². The third-order valence-corrected chi connectivity index (χ3v) is 5.23. The minimum absolute atomic E-state index is 0.0126. The monoisotopic (exact) mass is 461 g/mol. The zero-order valence-electron chi connectivity index (χ0n) is 15.0. The van der Waals surface area contributed by atoms with Gasteiger partial charge >= 0.3 is 12.1 Å². The topological polar surface area (TPSA) is 64.1 Å². The smallest absolute Gasteiger partial charge is 0.435 e. The van der Waals surface area contributed by atoms with Gasteiger partial charge in [-0.3, -0.25) is 10.1 Å². The summed E-state index contributed by atoms with van der Waals surface area (Å²) in [5.74, 6) is -0.794. The van der Waals surface area contributed by atoms with Crippen LogP contribution in [0.15, 0.2) is 47.6 Å². The number of thiazole rings is 1. The van der Waals surface area contributed by atoms with Crippen LogP contribution in [0.25, 0.3) is 11.3 Å². The van der Waals surface area contributed by atoms with E-state index in [1.54, 1.807) is 6.92 Å². The Morgan fingerprint density at radius 1 is 1.20 bits per heavy atom. The average molecular weight is 461 g/mol. The molecule has 0 unspecified atom stereocenters. The molecule has 12 heteroatoms. The van der Waals surface area contributed by atoms with E-state index in [-0.39, 0.29) is 16.4 Å². The van der Waals surface area contributed by atoms with Crippen molar-refractivity contribution in [3.05, 3.63) is 53.0 Å². The molecule has 158 valence electrons. The van der Waals surface area contributed by atoms with Gasteiger partial charge in [0, 0.05) is 28.4 Å². The van der Waals surface area contributed by atoms with Gasteiger partial charge in [-0.15, -0.1) is 11.3 Å². The Labute approximate surface area is 175 Å². The first-order valence-electron chi connectivity index (χ1n) is 8.17. The van der Waals surface area contributed by atoms with E-state index in [1.807, 2.05) is 0 Å². The van der Waals surface area contributed by atoms with Crippen molar-refractivity contribution in [2.75, 3.05) is 5.32 Å². The normalized spacial score (nSPS) is 11.6. The number of halogens is 5. The van der Waals surface area contributed by atoms with E-state index in [9.17, 15) is 26.7 Å². The molecule has 0 radical (unpaired) electrons. The van der Waals surface area contributed by atoms with E-state index in [2.05, 4.69) is 20.0 Å². The maximum Gasteiger partial charge on any atom is 0.447 e. The molecule has 3 rings (SSSR count). The van der Waals surface area contributed by atoms with E-state index in [1.165, 1.54) is 36.4 Å². The molecule has 0 spiro atoms. The standard InChI is InChI=1S/C18H12F5N3O2S2/c1-9-13(10-4-6-11(7-5-10)28-16(19)20)25-17(29-9)26-14(27)12-3-2-8-24-15(12)30-18(21,22)23/h2-8,16H,1H3,(H,25,26,27). The Morgan fingerprint density at radius 2 is 1.90 bits per heavy atom. The number of thioether (sulfide) groups is 1. The lowest BCUT2D eigenvalue weighted by atomic mass is 10.1. The molecule has 0 saturated carbocycles. The molecular weight excluding hydrogens is 449 g/mol. The summed E-state index contributed by atoms with van der Waals surface area (Å²) in [5.41, 5.74) is -3.73. The van der Waals surface area contributed by atoms with Crippen LogP contribution in [0, 0.1) is 6.92 Å². The maximum atomic E-state index is 12.7. The van der Waals surface area contributed by atoms with E-state index < -0.39 is 34.8 Å². The second-order valence-corrected chi connectivity index (χ2v) is 7.94. The van der Waals surface area contributed by atoms with Crippen LogP contribution in [0.2, 0.25) is 0 Å². The van der Waals surface area contributed by atoms with Crippen LogP contribution in [0.1, 0.15) is 15.2 Å². The van der Waals surface area contributed by atoms with Gasteiger partial charge in [-0.25, -0.2) is 9.97 Å². The summed E-state index contributed by atoms with van der Waals surface area (Å²) in [6.45, 7) is -1.20. The predicted octanol–water partition coefficient (Wildman–Crippen LogP) is 5.98. The Kier molecular flexibility index (Phi) is 6.56. The molecule has 2 aromatic heterocycles. The van der Waals surface area contributed by atoms with E-state index >= 15 is 0 Å². The van der Waals surface area contributed by atoms with Crippen molar-refractivity contribution in [2.45, 2.75) is 24.1 Å². The fraction of sp³-hybridized carbons (Fsp3) is 0.167. The fourth-order valence-corrected chi connectivity index (χ4v) is 3.87. The number of nitrogens with one attached hydrogen (secondary N) is 1. The number of hydrogen-bond donors (Lipinski definition) is 1. The zero-order valence-corrected chi connectivity index (χ0v) is 16.7. The first-order chi connectivity index (χ1) is 14.1. The number of carbonyl (C=O) groups excluding carboxylic acids is 1. The summed E-state index contributed by atoms with van der Waals surface area (Å²) in [7, 11) is 0. The number of ether oxygens (including phenoxy) is 1. The average Bonchev–Trinajstić information content (AvgIpc) is 3.01. The highest BCUT2D eigenvalue weighted by Crippen LogP contribution is 2.38. The quantitative estimate of drug-likeness (QED) is 0.362. The number of amides is 1. The molecule has 1 amide bonds. The van der Waals surface area contributed by atoms with Crippen LogP contribution in [-0.2, 0) is 0 Å². The molecule has 0 aliphatic rings. The minimum Gasteiger partial charge on any atom is -0.435 e. The van der Waals surface area contributed by atoms with Crippen LogP contribution in [0.4, 0.5) is 27.1 Å². The summed E-state index contributed by atoms with van der Waals surface area (Å²) < 4.78 is 66.8. The molecule has 0 aliphatic carbocycles. The summed E-state index contributed by atoms with van der Waals surface area (Å²) in [4.78, 5) is 21.1. The van der Waals surface area contributed by atoms with Gasteiger partial charge in [0.1, 0.15) is 10.8 Å². The lowest BCUT2D eigenvalue weighted by Crippen LogP contribution is -2.14. The number of nitrogens with zero attached hydrogens (tertiary/aromatic N) is 2. The maximum absolute atomic E-state index is 12.7. The lowest BCUT2D eigenvalue weighted by molar-refractivity contribution is -0.0498. The molecule has 5 nitrogen and oxygen atoms in total. The van der Waals surface area contributed by atoms with Crippen LogP contribution in [0.5, 0.6) is 5.75 Å². The zero-order chi connectivity index (χ0) is 21.9. The van der Waals surface area contributed by atoms with Crippen molar-refractivity contribution in [3.63, 3.8) is 0 Å². The summed E-state index contributed by atoms with van der Waals surface area (Å²) in [5, 5.41) is 2.18. The largest absolute Gasteiger partial charge is 0.447 e. The van der Waals surface area contributed by atoms with Crippen molar-refractivity contribution < 1.29 is 31.5 Å². The molecule has 30 heavy (non-hydrogen) atoms. The van der Waals surface area contributed by atoms with Crippen molar-refractivity contribution >= 4 is 34.1 Å². The van der Waals surface area contributed by atoms with Gasteiger partial charge in [0.15, 0.2) is 5.13 Å². The SMILES string of the molecule is Cc1sc(NC(=O)c2cccnc2SC(F)(F)F)nc1-c1ccc(OC(F)F)cc1. The molecule has 1 N–H and O–H groups in total. The molecule has 0 bridgehead atoms. The van der Waals surface area contributed by atoms with Gasteiger partial charge < -0.3 is 4.74 Å². The van der Waals surface area contributed by atoms with E-state index in [4.69, 9.17) is 0 Å². The molecule has 1 aromatic carbocycles. The first-order valence-corrected chi connectivity index (χ1v) is 9.80. The molecule has 0 fully saturated rings. The van der Waals surface area contributed by atoms with Gasteiger partial charge in [-0.05, 0) is 43.3 Å². The van der Waals surface area contributed by atoms with Gasteiger partial charge in [0.2, 0.25) is 0 Å². The predicted molar refractivity (Wildman–Crippen MR) is 103 cm³/mol. The summed E-state index contributed by atoms with van der Waals surface area (Å²) in [6.07, 6.45) is 1.16. The Bertz CT molecular complexity index is 1040. The highest BCUT2D eigenvalue weighted by atomic mass is 32.2. The lowest BCUT2D eigenvalue weighted by Gasteiger charge is -2.09. The molecule has 0 atom stereocenters. The van der Waals surface area contributed by atoms with E-state index in [0.717, 1.165) is 17.5 Å². The highest BCUT2D eigenvalue weighted by molar-refractivity contribution is 8.00. The Hall–Kier alpha value is -2.73. The number of anilines is 1. The van der Waals surface area contributed by atoms with E-state index in [0.29, 0.717) is 16.1 Å². The van der Waals surface area contributed by atoms with Crippen molar-refractivity contribution in [1.29, 1.82) is 0 Å². The molecule has 3 aromatic rings. The van der Waals surface area contributed by atoms with Gasteiger partial charge in [0.25, 0.3) is 5.91 Å². The molecule has 2 heterocycles.